The van der Waals surface area contributed by atoms with Crippen molar-refractivity contribution in [2.24, 2.45) is 0 Å². The molecule has 0 saturated carbocycles. The van der Waals surface area contributed by atoms with Crippen LogP contribution in [0.1, 0.15) is 76.1 Å². The van der Waals surface area contributed by atoms with Crippen molar-refractivity contribution in [3.8, 4) is 0 Å². The first-order valence-corrected chi connectivity index (χ1v) is 19.5. The molecule has 33 heavy (non-hydrogen) atoms. The summed E-state index contributed by atoms with van der Waals surface area (Å²) >= 11 is 1.43. The van der Waals surface area contributed by atoms with Crippen molar-refractivity contribution < 1.29 is 23.0 Å². The fraction of sp³-hybridized carbons (Fsp3) is 0.419. The number of benzene rings is 2. The molecule has 0 heterocycles. The van der Waals surface area contributed by atoms with Gasteiger partial charge in [-0.2, -0.15) is 24.3 Å². The van der Waals surface area contributed by atoms with Crippen LogP contribution in [0.4, 0.5) is 0 Å². The normalized spacial score (nSPS) is 10.5. The topological polar surface area (TPSA) is 0 Å². The molecule has 4 aromatic carbocycles. The van der Waals surface area contributed by atoms with E-state index in [2.05, 4.69) is 95.3 Å². The molecule has 0 aliphatic carbocycles. The fourth-order valence-electron chi connectivity index (χ4n) is 4.42. The van der Waals surface area contributed by atoms with E-state index in [0.29, 0.717) is 0 Å². The van der Waals surface area contributed by atoms with Gasteiger partial charge in [0.15, 0.2) is 0 Å². The minimum Gasteiger partial charge on any atom is -0.168 e. The van der Waals surface area contributed by atoms with E-state index in [1.54, 1.807) is 0 Å². The molecule has 0 fully saturated rings. The van der Waals surface area contributed by atoms with Crippen LogP contribution >= 0.6 is 0 Å². The second kappa shape index (κ2) is 15.6. The number of unbranched alkanes of at least 4 members (excludes halogenated alkanes) is 2. The molecule has 0 unspecified atom stereocenters. The van der Waals surface area contributed by atoms with Crippen molar-refractivity contribution in [3.05, 3.63) is 82.9 Å². The maximum atomic E-state index is 2.27. The summed E-state index contributed by atoms with van der Waals surface area (Å²) in [4.78, 5) is 0. The van der Waals surface area contributed by atoms with E-state index in [4.69, 9.17) is 0 Å². The first-order valence-electron chi connectivity index (χ1n) is 12.9. The zero-order chi connectivity index (χ0) is 24.1. The number of hydrogen-bond donors (Lipinski definition) is 0. The molecule has 0 atom stereocenters. The second-order valence-corrected chi connectivity index (χ2v) is 13.2. The van der Waals surface area contributed by atoms with E-state index in [1.807, 2.05) is 0 Å². The Morgan fingerprint density at radius 2 is 1.03 bits per heavy atom. The Labute approximate surface area is 218 Å². The van der Waals surface area contributed by atoms with Gasteiger partial charge in [-0.1, -0.05) is 63.8 Å². The van der Waals surface area contributed by atoms with Gasteiger partial charge in [0.25, 0.3) is 0 Å². The van der Waals surface area contributed by atoms with Crippen molar-refractivity contribution >= 4 is 27.8 Å². The summed E-state index contributed by atoms with van der Waals surface area (Å²) in [6, 6.07) is 23.8. The van der Waals surface area contributed by atoms with Crippen molar-refractivity contribution in [2.45, 2.75) is 85.6 Å². The van der Waals surface area contributed by atoms with Gasteiger partial charge in [0.05, 0.1) is 0 Å². The third kappa shape index (κ3) is 7.89. The molecule has 0 amide bonds. The van der Waals surface area contributed by atoms with Crippen molar-refractivity contribution in [1.82, 2.24) is 0 Å². The summed E-state index contributed by atoms with van der Waals surface area (Å²) in [5.41, 5.74) is 5.88. The second-order valence-electron chi connectivity index (χ2n) is 8.52. The third-order valence-corrected chi connectivity index (χ3v) is 9.71. The van der Waals surface area contributed by atoms with Crippen molar-refractivity contribution in [2.75, 3.05) is 0 Å². The van der Waals surface area contributed by atoms with Crippen molar-refractivity contribution in [3.63, 3.8) is 0 Å². The van der Waals surface area contributed by atoms with Gasteiger partial charge in [0, 0.05) is 0 Å². The first kappa shape index (κ1) is 28.0. The van der Waals surface area contributed by atoms with Crippen LogP contribution < -0.4 is 0 Å². The quantitative estimate of drug-likeness (QED) is 0.105. The molecule has 0 nitrogen and oxygen atoms in total. The van der Waals surface area contributed by atoms with Gasteiger partial charge in [0.2, 0.25) is 0 Å². The van der Waals surface area contributed by atoms with Gasteiger partial charge >= 0.3 is 61.4 Å². The monoisotopic (exact) mass is 621 g/mol. The van der Waals surface area contributed by atoms with Gasteiger partial charge in [0.1, 0.15) is 0 Å². The smallest absolute Gasteiger partial charge is 0.0397 e. The SMILES string of the molecule is CCCCC[Si]=[Hf+2].CCc1ccc(CC)c2[cH-]ccc12.CCc1ccc(CC)c2[cH-]ccc12. The standard InChI is InChI=1S/2C13H15.C5H11Si.Hf/c2*1-3-10-8-9-11(4-2)13-7-5-6-12(10)13;1-2-3-4-5-6;/h2*5-9H,3-4H2,1-2H3;2-5H2,1H3;/q2*-1;;+2. The molecule has 0 aromatic heterocycles. The summed E-state index contributed by atoms with van der Waals surface area (Å²) < 4.78 is 0. The molecular formula is C31H41HfSi. The third-order valence-electron chi connectivity index (χ3n) is 6.42. The first-order chi connectivity index (χ1) is 16.1. The zero-order valence-corrected chi connectivity index (χ0v) is 26.0. The van der Waals surface area contributed by atoms with Crippen LogP contribution in [-0.4, -0.2) is 6.22 Å². The van der Waals surface area contributed by atoms with E-state index >= 15 is 0 Å². The number of aryl methyl sites for hydroxylation is 4. The molecule has 0 bridgehead atoms. The molecule has 0 saturated heterocycles. The number of rotatable bonds is 8. The summed E-state index contributed by atoms with van der Waals surface area (Å²) in [5.74, 6) is 0. The van der Waals surface area contributed by atoms with E-state index in [9.17, 15) is 0 Å². The average Bonchev–Trinajstić information content (AvgIpc) is 3.54. The van der Waals surface area contributed by atoms with E-state index in [1.165, 1.54) is 98.3 Å². The van der Waals surface area contributed by atoms with Crippen LogP contribution in [-0.2, 0) is 48.7 Å². The molecule has 0 spiro atoms. The van der Waals surface area contributed by atoms with Crippen LogP contribution in [0.5, 0.6) is 0 Å². The van der Waals surface area contributed by atoms with Gasteiger partial charge in [-0.15, -0.1) is 56.9 Å². The van der Waals surface area contributed by atoms with Crippen molar-refractivity contribution in [1.29, 1.82) is 0 Å². The van der Waals surface area contributed by atoms with Crippen LogP contribution in [0.3, 0.4) is 0 Å². The molecule has 0 aliphatic rings. The van der Waals surface area contributed by atoms with Gasteiger partial charge in [-0.3, -0.25) is 0 Å². The Morgan fingerprint density at radius 1 is 0.606 bits per heavy atom. The minimum absolute atomic E-state index is 1.13. The molecule has 173 valence electrons. The summed E-state index contributed by atoms with van der Waals surface area (Å²) in [5, 5.41) is 5.78. The van der Waals surface area contributed by atoms with Crippen LogP contribution in [0.15, 0.2) is 60.7 Å². The molecule has 4 rings (SSSR count). The van der Waals surface area contributed by atoms with Gasteiger partial charge in [-0.05, 0) is 12.8 Å². The number of hydrogen-bond acceptors (Lipinski definition) is 0. The molecule has 4 aromatic rings. The number of fused-ring (bicyclic) bond motifs is 2. The zero-order valence-electron chi connectivity index (χ0n) is 21.4. The molecule has 0 N–H and O–H groups in total. The molecule has 0 aliphatic heterocycles. The Balaban J connectivity index is 0.000000185. The van der Waals surface area contributed by atoms with Crippen LogP contribution in [0.25, 0.3) is 21.5 Å². The predicted octanol–water partition coefficient (Wildman–Crippen LogP) is 9.13. The fourth-order valence-corrected chi connectivity index (χ4v) is 6.75. The largest absolute Gasteiger partial charge is 0.168 e. The molecule has 2 heteroatoms. The van der Waals surface area contributed by atoms with Gasteiger partial charge in [-0.25, -0.2) is 0 Å². The molecular weight excluding hydrogens is 579 g/mol. The minimum atomic E-state index is 1.13. The summed E-state index contributed by atoms with van der Waals surface area (Å²) in [7, 11) is 0. The van der Waals surface area contributed by atoms with Crippen LogP contribution in [0.2, 0.25) is 6.04 Å². The Hall–Kier alpha value is -1.25. The van der Waals surface area contributed by atoms with Crippen LogP contribution in [0, 0.1) is 0 Å². The molecule has 1 radical (unpaired) electrons. The van der Waals surface area contributed by atoms with E-state index in [0.717, 1.165) is 25.7 Å². The Morgan fingerprint density at radius 3 is 1.39 bits per heavy atom. The van der Waals surface area contributed by atoms with Gasteiger partial charge < -0.3 is 0 Å². The maximum Gasteiger partial charge on any atom is -0.0397 e. The summed E-state index contributed by atoms with van der Waals surface area (Å²) in [6.45, 7) is 11.1. The predicted molar refractivity (Wildman–Crippen MR) is 147 cm³/mol. The summed E-state index contributed by atoms with van der Waals surface area (Å²) in [6.07, 6.45) is 10.1. The Bertz CT molecular complexity index is 941. The Kier molecular flexibility index (Phi) is 13.2. The van der Waals surface area contributed by atoms with E-state index in [-0.39, 0.29) is 0 Å². The van der Waals surface area contributed by atoms with E-state index < -0.39 is 0 Å². The maximum absolute atomic E-state index is 2.27. The average molecular weight is 620 g/mol.